The van der Waals surface area contributed by atoms with Crippen LogP contribution in [-0.4, -0.2) is 80.6 Å². The van der Waals surface area contributed by atoms with E-state index in [0.29, 0.717) is 19.3 Å². The van der Waals surface area contributed by atoms with E-state index in [4.69, 9.17) is 14.2 Å². The monoisotopic (exact) mass is 725 g/mol. The second kappa shape index (κ2) is 34.3. The molecular formula is C44H70NO7+. The number of carboxylic acid groups (broad SMARTS) is 1. The standard InChI is InChI=1S/C44H69NO7/c1-6-8-10-12-14-16-18-20-21-23-25-27-29-31-33-35-43(47)52-40(38-50-37-36-41(44(48)49)45(3,4)5)39-51-42(46)34-32-30-28-26-24-22-19-17-15-13-11-9-7-2/h8-11,14-17,20-22,24-25,27-28,30,40-41H,6-7,12-13,18-19,23,26,29,31-39H2,1-5H3/p+1/b10-8-,11-9-,16-14-,17-15-,21-20-,24-22-,27-25-,30-28-. The molecule has 0 aliphatic carbocycles. The summed E-state index contributed by atoms with van der Waals surface area (Å²) in [5.41, 5.74) is 0. The van der Waals surface area contributed by atoms with Crippen LogP contribution in [0.3, 0.4) is 0 Å². The zero-order chi connectivity index (χ0) is 38.5. The maximum Gasteiger partial charge on any atom is 0.362 e. The third kappa shape index (κ3) is 32.2. The molecule has 292 valence electrons. The highest BCUT2D eigenvalue weighted by Gasteiger charge is 2.31. The van der Waals surface area contributed by atoms with Gasteiger partial charge in [0.25, 0.3) is 0 Å². The van der Waals surface area contributed by atoms with Crippen LogP contribution in [0, 0.1) is 0 Å². The molecule has 8 heteroatoms. The smallest absolute Gasteiger partial charge is 0.362 e. The fraction of sp³-hybridized carbons (Fsp3) is 0.568. The Morgan fingerprint density at radius 2 is 1.04 bits per heavy atom. The molecule has 0 saturated heterocycles. The summed E-state index contributed by atoms with van der Waals surface area (Å²) in [6.45, 7) is 4.34. The topological polar surface area (TPSA) is 99.1 Å². The molecular weight excluding hydrogens is 654 g/mol. The van der Waals surface area contributed by atoms with Crippen molar-refractivity contribution in [3.05, 3.63) is 97.2 Å². The molecule has 2 unspecified atom stereocenters. The van der Waals surface area contributed by atoms with E-state index in [1.54, 1.807) is 0 Å². The van der Waals surface area contributed by atoms with Crippen molar-refractivity contribution in [2.24, 2.45) is 0 Å². The van der Waals surface area contributed by atoms with E-state index in [1.807, 2.05) is 33.3 Å². The normalized spacial score (nSPS) is 14.1. The molecule has 0 aromatic rings. The molecule has 0 heterocycles. The Balaban J connectivity index is 4.63. The van der Waals surface area contributed by atoms with E-state index in [1.165, 1.54) is 0 Å². The van der Waals surface area contributed by atoms with Gasteiger partial charge in [-0.1, -0.05) is 111 Å². The van der Waals surface area contributed by atoms with Gasteiger partial charge in [0, 0.05) is 19.3 Å². The molecule has 0 fully saturated rings. The summed E-state index contributed by atoms with van der Waals surface area (Å²) < 4.78 is 17.1. The minimum absolute atomic E-state index is 0.0152. The van der Waals surface area contributed by atoms with Crippen molar-refractivity contribution in [3.8, 4) is 0 Å². The first-order valence-electron chi connectivity index (χ1n) is 19.3. The van der Waals surface area contributed by atoms with Gasteiger partial charge in [0.05, 0.1) is 34.4 Å². The second-order valence-corrected chi connectivity index (χ2v) is 13.4. The molecule has 0 amide bonds. The van der Waals surface area contributed by atoms with Crippen molar-refractivity contribution in [1.82, 2.24) is 0 Å². The number of carbonyl (C=O) groups excluding carboxylic acids is 2. The number of hydrogen-bond donors (Lipinski definition) is 1. The number of rotatable bonds is 32. The lowest BCUT2D eigenvalue weighted by Crippen LogP contribution is -2.50. The number of esters is 2. The zero-order valence-electron chi connectivity index (χ0n) is 33.0. The third-order valence-electron chi connectivity index (χ3n) is 7.74. The number of unbranched alkanes of at least 4 members (excludes halogenated alkanes) is 2. The Bertz CT molecular complexity index is 1170. The summed E-state index contributed by atoms with van der Waals surface area (Å²) in [6.07, 6.45) is 44.7. The van der Waals surface area contributed by atoms with E-state index in [9.17, 15) is 19.5 Å². The lowest BCUT2D eigenvalue weighted by Gasteiger charge is -2.31. The van der Waals surface area contributed by atoms with Crippen molar-refractivity contribution in [1.29, 1.82) is 0 Å². The Morgan fingerprint density at radius 1 is 0.577 bits per heavy atom. The van der Waals surface area contributed by atoms with Gasteiger partial charge in [-0.3, -0.25) is 9.59 Å². The average molecular weight is 725 g/mol. The lowest BCUT2D eigenvalue weighted by molar-refractivity contribution is -0.887. The molecule has 0 saturated carbocycles. The molecule has 0 aromatic carbocycles. The highest BCUT2D eigenvalue weighted by Crippen LogP contribution is 2.10. The minimum atomic E-state index is -0.897. The van der Waals surface area contributed by atoms with Crippen LogP contribution in [0.25, 0.3) is 0 Å². The maximum absolute atomic E-state index is 12.6. The third-order valence-corrected chi connectivity index (χ3v) is 7.74. The number of nitrogens with zero attached hydrogens (tertiary/aromatic N) is 1. The number of allylic oxidation sites excluding steroid dienone is 16. The summed E-state index contributed by atoms with van der Waals surface area (Å²) in [7, 11) is 5.47. The van der Waals surface area contributed by atoms with Gasteiger partial charge < -0.3 is 23.8 Å². The number of quaternary nitrogens is 1. The quantitative estimate of drug-likeness (QED) is 0.0319. The van der Waals surface area contributed by atoms with Crippen molar-refractivity contribution >= 4 is 17.9 Å². The molecule has 0 spiro atoms. The minimum Gasteiger partial charge on any atom is -0.477 e. The molecule has 0 rings (SSSR count). The van der Waals surface area contributed by atoms with Crippen LogP contribution in [0.1, 0.15) is 110 Å². The first kappa shape index (κ1) is 48.2. The van der Waals surface area contributed by atoms with E-state index in [2.05, 4.69) is 98.9 Å². The zero-order valence-corrected chi connectivity index (χ0v) is 33.0. The van der Waals surface area contributed by atoms with Gasteiger partial charge in [0.1, 0.15) is 6.61 Å². The highest BCUT2D eigenvalue weighted by atomic mass is 16.6. The first-order valence-corrected chi connectivity index (χ1v) is 19.3. The van der Waals surface area contributed by atoms with Gasteiger partial charge in [-0.15, -0.1) is 0 Å². The number of likely N-dealkylation sites (N-methyl/N-ethyl adjacent to an activating group) is 1. The van der Waals surface area contributed by atoms with E-state index >= 15 is 0 Å². The Morgan fingerprint density at radius 3 is 1.50 bits per heavy atom. The van der Waals surface area contributed by atoms with Gasteiger partial charge in [0.15, 0.2) is 12.1 Å². The number of hydrogen-bond acceptors (Lipinski definition) is 6. The van der Waals surface area contributed by atoms with E-state index < -0.39 is 18.1 Å². The molecule has 0 aliphatic heterocycles. The molecule has 0 bridgehead atoms. The van der Waals surface area contributed by atoms with Crippen molar-refractivity contribution in [2.75, 3.05) is 41.0 Å². The van der Waals surface area contributed by atoms with Gasteiger partial charge in [-0.2, -0.15) is 0 Å². The lowest BCUT2D eigenvalue weighted by atomic mass is 10.1. The maximum atomic E-state index is 12.6. The first-order chi connectivity index (χ1) is 25.1. The van der Waals surface area contributed by atoms with Crippen molar-refractivity contribution in [3.63, 3.8) is 0 Å². The number of ether oxygens (including phenoxy) is 3. The molecule has 1 N–H and O–H groups in total. The number of carbonyl (C=O) groups is 3. The predicted molar refractivity (Wildman–Crippen MR) is 215 cm³/mol. The molecule has 8 nitrogen and oxygen atoms in total. The van der Waals surface area contributed by atoms with Crippen molar-refractivity contribution in [2.45, 2.75) is 122 Å². The van der Waals surface area contributed by atoms with Crippen LogP contribution >= 0.6 is 0 Å². The second-order valence-electron chi connectivity index (χ2n) is 13.4. The van der Waals surface area contributed by atoms with Gasteiger partial charge >= 0.3 is 17.9 Å². The van der Waals surface area contributed by atoms with Crippen LogP contribution < -0.4 is 0 Å². The van der Waals surface area contributed by atoms with Crippen LogP contribution in [-0.2, 0) is 28.6 Å². The Kier molecular flexibility index (Phi) is 31.9. The summed E-state index contributed by atoms with van der Waals surface area (Å²) >= 11 is 0. The number of aliphatic carboxylic acids is 1. The molecule has 0 radical (unpaired) electrons. The summed E-state index contributed by atoms with van der Waals surface area (Å²) in [4.78, 5) is 36.8. The summed E-state index contributed by atoms with van der Waals surface area (Å²) in [6, 6.07) is -0.637. The summed E-state index contributed by atoms with van der Waals surface area (Å²) in [5, 5.41) is 9.58. The molecule has 2 atom stereocenters. The number of carboxylic acids is 1. The average Bonchev–Trinajstić information content (AvgIpc) is 3.09. The van der Waals surface area contributed by atoms with Gasteiger partial charge in [0.2, 0.25) is 0 Å². The Hall–Kier alpha value is -3.75. The van der Waals surface area contributed by atoms with Crippen LogP contribution in [0.15, 0.2) is 97.2 Å². The van der Waals surface area contributed by atoms with Crippen molar-refractivity contribution < 1.29 is 38.2 Å². The van der Waals surface area contributed by atoms with E-state index in [0.717, 1.165) is 64.2 Å². The highest BCUT2D eigenvalue weighted by molar-refractivity contribution is 5.72. The molecule has 0 aromatic heterocycles. The summed E-state index contributed by atoms with van der Waals surface area (Å²) in [5.74, 6) is -1.65. The molecule has 52 heavy (non-hydrogen) atoms. The molecule has 0 aliphatic rings. The largest absolute Gasteiger partial charge is 0.477 e. The fourth-order valence-electron chi connectivity index (χ4n) is 4.80. The van der Waals surface area contributed by atoms with E-state index in [-0.39, 0.29) is 49.1 Å². The van der Waals surface area contributed by atoms with Gasteiger partial charge in [-0.05, 0) is 77.0 Å². The SMILES string of the molecule is CC/C=C\C/C=C\C/C=C\C/C=C\CCCCC(=O)OC(COCCC(C(=O)O)[N+](C)(C)C)COC(=O)CC/C=C\C/C=C\C/C=C\C/C=C\CC. The van der Waals surface area contributed by atoms with Crippen LogP contribution in [0.2, 0.25) is 0 Å². The van der Waals surface area contributed by atoms with Crippen LogP contribution in [0.4, 0.5) is 0 Å². The fourth-order valence-corrected chi connectivity index (χ4v) is 4.80. The van der Waals surface area contributed by atoms with Gasteiger partial charge in [-0.25, -0.2) is 4.79 Å². The van der Waals surface area contributed by atoms with Crippen LogP contribution in [0.5, 0.6) is 0 Å². The predicted octanol–water partition coefficient (Wildman–Crippen LogP) is 9.96. The Labute approximate surface area is 316 Å².